The van der Waals surface area contributed by atoms with Crippen molar-refractivity contribution in [1.29, 1.82) is 0 Å². The molecule has 0 aliphatic carbocycles. The number of unbranched alkanes of at least 4 members (excludes halogenated alkanes) is 27. The van der Waals surface area contributed by atoms with Gasteiger partial charge < -0.3 is 34.2 Å². The lowest BCUT2D eigenvalue weighted by Gasteiger charge is -2.21. The van der Waals surface area contributed by atoms with Crippen molar-refractivity contribution in [3.8, 4) is 0 Å². The number of aliphatic hydroxyl groups excluding tert-OH is 2. The highest BCUT2D eigenvalue weighted by Gasteiger charge is 2.29. The third-order valence-electron chi connectivity index (χ3n) is 13.2. The van der Waals surface area contributed by atoms with Crippen LogP contribution in [0.3, 0.4) is 0 Å². The second-order valence-corrected chi connectivity index (χ2v) is 24.1. The van der Waals surface area contributed by atoms with Crippen LogP contribution < -0.4 is 0 Å². The van der Waals surface area contributed by atoms with E-state index in [0.717, 1.165) is 141 Å². The first kappa shape index (κ1) is 78.2. The van der Waals surface area contributed by atoms with Crippen molar-refractivity contribution in [3.05, 3.63) is 60.8 Å². The van der Waals surface area contributed by atoms with Crippen molar-refractivity contribution in [1.82, 2.24) is 0 Å². The van der Waals surface area contributed by atoms with Gasteiger partial charge >= 0.3 is 33.6 Å². The van der Waals surface area contributed by atoms with Crippen LogP contribution in [0.4, 0.5) is 0 Å². The van der Waals surface area contributed by atoms with Crippen LogP contribution in [0.2, 0.25) is 0 Å². The van der Waals surface area contributed by atoms with Gasteiger partial charge in [-0.25, -0.2) is 9.13 Å². The van der Waals surface area contributed by atoms with Crippen molar-refractivity contribution < 1.29 is 75.8 Å². The summed E-state index contributed by atoms with van der Waals surface area (Å²) >= 11 is 0. The van der Waals surface area contributed by atoms with Crippen molar-refractivity contribution >= 4 is 33.6 Å². The van der Waals surface area contributed by atoms with Crippen LogP contribution in [-0.2, 0) is 55.8 Å². The summed E-state index contributed by atoms with van der Waals surface area (Å²) in [6, 6.07) is 0. The summed E-state index contributed by atoms with van der Waals surface area (Å²) in [7, 11) is -9.76. The maximum absolute atomic E-state index is 12.9. The lowest BCUT2D eigenvalue weighted by atomic mass is 10.1. The fourth-order valence-electron chi connectivity index (χ4n) is 8.34. The van der Waals surface area contributed by atoms with E-state index < -0.39 is 91.5 Å². The van der Waals surface area contributed by atoms with Gasteiger partial charge in [0.05, 0.1) is 26.4 Å². The zero-order valence-electron chi connectivity index (χ0n) is 50.7. The van der Waals surface area contributed by atoms with E-state index in [4.69, 9.17) is 32.3 Å². The molecule has 0 aromatic heterocycles. The molecule has 0 bridgehead atoms. The highest BCUT2D eigenvalue weighted by atomic mass is 31.2. The normalized spacial score (nSPS) is 14.8. The van der Waals surface area contributed by atoms with E-state index in [2.05, 4.69) is 81.5 Å². The molecule has 0 fully saturated rings. The summed E-state index contributed by atoms with van der Waals surface area (Å²) in [5, 5.41) is 20.5. The maximum Gasteiger partial charge on any atom is 0.472 e. The van der Waals surface area contributed by atoms with Crippen LogP contribution in [-0.4, -0.2) is 95.9 Å². The Labute approximate surface area is 490 Å². The minimum Gasteiger partial charge on any atom is -0.463 e. The summed E-state index contributed by atoms with van der Waals surface area (Å²) in [6.07, 6.45) is 55.7. The number of ether oxygens (including phenoxy) is 3. The molecule has 16 nitrogen and oxygen atoms in total. The summed E-state index contributed by atoms with van der Waals surface area (Å²) in [4.78, 5) is 58.1. The summed E-state index contributed by atoms with van der Waals surface area (Å²) < 4.78 is 60.7. The van der Waals surface area contributed by atoms with Gasteiger partial charge in [0.1, 0.15) is 25.4 Å². The van der Waals surface area contributed by atoms with Crippen molar-refractivity contribution in [2.75, 3.05) is 39.6 Å². The van der Waals surface area contributed by atoms with E-state index in [9.17, 15) is 43.5 Å². The Bertz CT molecular complexity index is 1730. The third kappa shape index (κ3) is 58.8. The van der Waals surface area contributed by atoms with Gasteiger partial charge in [0.2, 0.25) is 0 Å². The average molecular weight is 1190 g/mol. The van der Waals surface area contributed by atoms with Gasteiger partial charge in [0.25, 0.3) is 0 Å². The van der Waals surface area contributed by atoms with E-state index in [1.165, 1.54) is 64.2 Å². The highest BCUT2D eigenvalue weighted by Crippen LogP contribution is 2.45. The molecule has 0 heterocycles. The fourth-order valence-corrected chi connectivity index (χ4v) is 9.92. The Kier molecular flexibility index (Phi) is 55.7. The Hall–Kier alpha value is -2.75. The summed E-state index contributed by atoms with van der Waals surface area (Å²) in [5.74, 6) is -1.60. The van der Waals surface area contributed by atoms with Gasteiger partial charge in [-0.2, -0.15) is 0 Å². The summed E-state index contributed by atoms with van der Waals surface area (Å²) in [5.41, 5.74) is 0. The Morgan fingerprint density at radius 2 is 0.654 bits per heavy atom. The molecule has 0 radical (unpaired) electrons. The van der Waals surface area contributed by atoms with Gasteiger partial charge in [0, 0.05) is 19.3 Å². The molecule has 0 rings (SSSR count). The molecular formula is C63H114O16P2. The van der Waals surface area contributed by atoms with Gasteiger partial charge in [-0.15, -0.1) is 0 Å². The van der Waals surface area contributed by atoms with Crippen LogP contribution >= 0.6 is 15.6 Å². The molecule has 0 aliphatic rings. The van der Waals surface area contributed by atoms with Crippen LogP contribution in [0.5, 0.6) is 0 Å². The molecule has 4 N–H and O–H groups in total. The Balaban J connectivity index is 4.67. The number of esters is 3. The zero-order chi connectivity index (χ0) is 59.6. The lowest BCUT2D eigenvalue weighted by Crippen LogP contribution is -2.30. The van der Waals surface area contributed by atoms with E-state index >= 15 is 0 Å². The molecule has 0 saturated heterocycles. The van der Waals surface area contributed by atoms with Crippen LogP contribution in [0.15, 0.2) is 60.8 Å². The number of phosphoric acid groups is 2. The molecule has 0 amide bonds. The number of hydrogen-bond donors (Lipinski definition) is 4. The van der Waals surface area contributed by atoms with E-state index in [-0.39, 0.29) is 19.3 Å². The minimum absolute atomic E-state index is 0.0953. The molecular weight excluding hydrogens is 1070 g/mol. The van der Waals surface area contributed by atoms with Gasteiger partial charge in [0.15, 0.2) is 6.10 Å². The molecule has 5 unspecified atom stereocenters. The monoisotopic (exact) mass is 1190 g/mol. The molecule has 0 saturated carbocycles. The SMILES string of the molecule is CC/C=C\C/C=C\C/C=C\CCCCCCCCCC(=O)OCC(O)COP(=O)(O)OCC(O)COP(=O)(O)OCC(COC(=O)CCCCCCC/C=C\CCCCCCCC)OC(=O)CCCCCCC/C=C\CCCCCC. The van der Waals surface area contributed by atoms with Crippen LogP contribution in [0.1, 0.15) is 265 Å². The average Bonchev–Trinajstić information content (AvgIpc) is 3.44. The molecule has 0 aromatic rings. The zero-order valence-corrected chi connectivity index (χ0v) is 52.5. The lowest BCUT2D eigenvalue weighted by molar-refractivity contribution is -0.161. The van der Waals surface area contributed by atoms with Crippen molar-refractivity contribution in [2.45, 2.75) is 283 Å². The number of carbonyl (C=O) groups is 3. The highest BCUT2D eigenvalue weighted by molar-refractivity contribution is 7.47. The maximum atomic E-state index is 12.9. The van der Waals surface area contributed by atoms with Gasteiger partial charge in [-0.1, -0.05) is 204 Å². The first-order chi connectivity index (χ1) is 39.2. The third-order valence-corrected chi connectivity index (χ3v) is 15.1. The van der Waals surface area contributed by atoms with Crippen LogP contribution in [0, 0.1) is 0 Å². The first-order valence-electron chi connectivity index (χ1n) is 31.6. The number of allylic oxidation sites excluding steroid dienone is 10. The van der Waals surface area contributed by atoms with E-state index in [0.29, 0.717) is 19.3 Å². The second kappa shape index (κ2) is 57.7. The minimum atomic E-state index is -4.92. The molecule has 472 valence electrons. The van der Waals surface area contributed by atoms with E-state index in [1.807, 2.05) is 0 Å². The van der Waals surface area contributed by atoms with Crippen molar-refractivity contribution in [2.24, 2.45) is 0 Å². The predicted octanol–water partition coefficient (Wildman–Crippen LogP) is 16.6. The quantitative estimate of drug-likeness (QED) is 0.0146. The molecule has 5 atom stereocenters. The van der Waals surface area contributed by atoms with Crippen LogP contribution in [0.25, 0.3) is 0 Å². The Morgan fingerprint density at radius 1 is 0.358 bits per heavy atom. The first-order valence-corrected chi connectivity index (χ1v) is 34.6. The van der Waals surface area contributed by atoms with Crippen molar-refractivity contribution in [3.63, 3.8) is 0 Å². The topological polar surface area (TPSA) is 231 Å². The van der Waals surface area contributed by atoms with E-state index in [1.54, 1.807) is 0 Å². The number of phosphoric ester groups is 2. The number of aliphatic hydroxyl groups is 2. The predicted molar refractivity (Wildman–Crippen MR) is 325 cm³/mol. The summed E-state index contributed by atoms with van der Waals surface area (Å²) in [6.45, 7) is 2.51. The number of carbonyl (C=O) groups excluding carboxylic acids is 3. The molecule has 0 aromatic carbocycles. The number of hydrogen-bond acceptors (Lipinski definition) is 14. The largest absolute Gasteiger partial charge is 0.472 e. The Morgan fingerprint density at radius 3 is 1.06 bits per heavy atom. The molecule has 0 aliphatic heterocycles. The standard InChI is InChI=1S/C63H114O16P2/c1-4-7-10-13-16-19-22-25-27-28-30-33-34-37-40-43-46-49-61(66)73-52-58(64)53-75-80(69,70)76-54-59(65)55-77-81(71,72)78-57-60(79-63(68)51-48-45-42-39-36-31-24-21-18-15-12-9-6-3)56-74-62(67)50-47-44-41-38-35-32-29-26-23-20-17-14-11-8-5-2/h7,10,16,19,21,24-27,29,58-60,64-65H,4-6,8-9,11-15,17-18,20,22-23,28,30-57H2,1-3H3,(H,69,70)(H,71,72)/b10-7-,19-16-,24-21-,27-25-,29-26-. The second-order valence-electron chi connectivity index (χ2n) is 21.2. The number of rotatable bonds is 60. The molecule has 0 spiro atoms. The van der Waals surface area contributed by atoms with Gasteiger partial charge in [-0.05, 0) is 103 Å². The van der Waals surface area contributed by atoms with Gasteiger partial charge in [-0.3, -0.25) is 32.5 Å². The fraction of sp³-hybridized carbons (Fsp3) is 0.794. The smallest absolute Gasteiger partial charge is 0.463 e. The molecule has 18 heteroatoms. The molecule has 81 heavy (non-hydrogen) atoms.